The van der Waals surface area contributed by atoms with Gasteiger partial charge < -0.3 is 14.7 Å². The Morgan fingerprint density at radius 1 is 1.29 bits per heavy atom. The van der Waals surface area contributed by atoms with Crippen molar-refractivity contribution < 1.29 is 14.6 Å². The Balaban J connectivity index is 1.73. The van der Waals surface area contributed by atoms with Crippen molar-refractivity contribution in [2.45, 2.75) is 19.5 Å². The predicted octanol–water partition coefficient (Wildman–Crippen LogP) is 3.95. The number of carbonyl (C=O) groups excluding carboxylic acids is 1. The third kappa shape index (κ3) is 3.34. The van der Waals surface area contributed by atoms with Gasteiger partial charge in [0.1, 0.15) is 6.61 Å². The number of benzene rings is 2. The number of ether oxygens (including phenoxy) is 1. The van der Waals surface area contributed by atoms with E-state index in [1.165, 1.54) is 10.1 Å². The summed E-state index contributed by atoms with van der Waals surface area (Å²) in [5, 5.41) is 13.9. The average molecular weight is 397 g/mol. The van der Waals surface area contributed by atoms with Gasteiger partial charge in [-0.15, -0.1) is 11.3 Å². The highest BCUT2D eigenvalue weighted by molar-refractivity contribution is 7.17. The van der Waals surface area contributed by atoms with E-state index in [4.69, 9.17) is 4.74 Å². The first-order chi connectivity index (χ1) is 13.5. The van der Waals surface area contributed by atoms with E-state index in [1.807, 2.05) is 19.1 Å². The topological polar surface area (TPSA) is 53.0 Å². The van der Waals surface area contributed by atoms with Crippen molar-refractivity contribution in [3.05, 3.63) is 47.3 Å². The van der Waals surface area contributed by atoms with E-state index in [1.54, 1.807) is 36.4 Å². The van der Waals surface area contributed by atoms with E-state index in [0.717, 1.165) is 16.7 Å². The first kappa shape index (κ1) is 18.8. The molecule has 146 valence electrons. The van der Waals surface area contributed by atoms with Gasteiger partial charge in [-0.2, -0.15) is 0 Å². The van der Waals surface area contributed by atoms with Gasteiger partial charge >= 0.3 is 0 Å². The SMILES string of the molecule is C[C@@H](C(=O)N(C)C)N1CCOc2c(O)cc(-c3csc4ccccc34)cc2C1. The van der Waals surface area contributed by atoms with Crippen LogP contribution in [0.2, 0.25) is 0 Å². The Morgan fingerprint density at radius 2 is 2.07 bits per heavy atom. The molecule has 6 heteroatoms. The van der Waals surface area contributed by atoms with Crippen LogP contribution >= 0.6 is 11.3 Å². The molecule has 0 unspecified atom stereocenters. The molecule has 3 aromatic rings. The van der Waals surface area contributed by atoms with Crippen molar-refractivity contribution in [2.24, 2.45) is 0 Å². The van der Waals surface area contributed by atoms with Crippen molar-refractivity contribution in [2.75, 3.05) is 27.2 Å². The molecule has 1 aliphatic heterocycles. The van der Waals surface area contributed by atoms with Crippen molar-refractivity contribution in [1.29, 1.82) is 0 Å². The Bertz CT molecular complexity index is 1030. The van der Waals surface area contributed by atoms with Gasteiger partial charge in [0.05, 0.1) is 6.04 Å². The van der Waals surface area contributed by atoms with Crippen LogP contribution in [0.5, 0.6) is 11.5 Å². The Morgan fingerprint density at radius 3 is 2.86 bits per heavy atom. The maximum atomic E-state index is 12.4. The fourth-order valence-electron chi connectivity index (χ4n) is 3.74. The molecular formula is C22H24N2O3S. The van der Waals surface area contributed by atoms with E-state index < -0.39 is 0 Å². The molecule has 1 N–H and O–H groups in total. The fraction of sp³-hybridized carbons (Fsp3) is 0.318. The lowest BCUT2D eigenvalue weighted by Crippen LogP contribution is -2.45. The molecule has 1 atom stereocenters. The summed E-state index contributed by atoms with van der Waals surface area (Å²) in [5.74, 6) is 0.735. The molecule has 0 fully saturated rings. The van der Waals surface area contributed by atoms with Gasteiger partial charge in [0.15, 0.2) is 11.5 Å². The van der Waals surface area contributed by atoms with Crippen LogP contribution in [0.25, 0.3) is 21.2 Å². The molecule has 0 bridgehead atoms. The maximum absolute atomic E-state index is 12.4. The molecule has 4 rings (SSSR count). The van der Waals surface area contributed by atoms with Crippen molar-refractivity contribution in [1.82, 2.24) is 9.80 Å². The summed E-state index contributed by atoms with van der Waals surface area (Å²) < 4.78 is 7.06. The monoisotopic (exact) mass is 396 g/mol. The van der Waals surface area contributed by atoms with Crippen LogP contribution in [0.3, 0.4) is 0 Å². The van der Waals surface area contributed by atoms with E-state index in [2.05, 4.69) is 28.5 Å². The maximum Gasteiger partial charge on any atom is 0.239 e. The number of likely N-dealkylation sites (N-methyl/N-ethyl adjacent to an activating group) is 1. The van der Waals surface area contributed by atoms with Crippen LogP contribution in [-0.2, 0) is 11.3 Å². The van der Waals surface area contributed by atoms with Crippen LogP contribution in [0.15, 0.2) is 41.8 Å². The summed E-state index contributed by atoms with van der Waals surface area (Å²) >= 11 is 1.70. The standard InChI is InChI=1S/C22H24N2O3S/c1-14(22(26)23(2)3)24-8-9-27-21-16(12-24)10-15(11-19(21)25)18-13-28-20-7-5-4-6-17(18)20/h4-7,10-11,13-14,25H,8-9,12H2,1-3H3/t14-/m0/s1. The minimum atomic E-state index is -0.252. The quantitative estimate of drug-likeness (QED) is 0.728. The summed E-state index contributed by atoms with van der Waals surface area (Å²) in [7, 11) is 3.54. The number of phenolic OH excluding ortho intramolecular Hbond substituents is 1. The third-order valence-corrected chi connectivity index (χ3v) is 6.25. The number of fused-ring (bicyclic) bond motifs is 2. The number of aromatic hydroxyl groups is 1. The van der Waals surface area contributed by atoms with Crippen LogP contribution in [0.1, 0.15) is 12.5 Å². The summed E-state index contributed by atoms with van der Waals surface area (Å²) in [6.45, 7) is 3.54. The molecule has 0 spiro atoms. The number of thiophene rings is 1. The average Bonchev–Trinajstić information content (AvgIpc) is 2.99. The zero-order valence-corrected chi connectivity index (χ0v) is 17.1. The number of nitrogens with zero attached hydrogens (tertiary/aromatic N) is 2. The van der Waals surface area contributed by atoms with Gasteiger partial charge in [-0.3, -0.25) is 9.69 Å². The van der Waals surface area contributed by atoms with E-state index in [-0.39, 0.29) is 17.7 Å². The van der Waals surface area contributed by atoms with Gasteiger partial charge in [-0.05, 0) is 36.1 Å². The molecule has 2 aromatic carbocycles. The lowest BCUT2D eigenvalue weighted by molar-refractivity contribution is -0.134. The summed E-state index contributed by atoms with van der Waals surface area (Å²) in [4.78, 5) is 16.1. The molecule has 5 nitrogen and oxygen atoms in total. The van der Waals surface area contributed by atoms with E-state index >= 15 is 0 Å². The second kappa shape index (κ2) is 7.45. The summed E-state index contributed by atoms with van der Waals surface area (Å²) in [6.07, 6.45) is 0. The number of phenols is 1. The highest BCUT2D eigenvalue weighted by atomic mass is 32.1. The predicted molar refractivity (Wildman–Crippen MR) is 113 cm³/mol. The number of carbonyl (C=O) groups is 1. The highest BCUT2D eigenvalue weighted by Crippen LogP contribution is 2.41. The molecule has 1 amide bonds. The number of rotatable bonds is 3. The minimum absolute atomic E-state index is 0.0626. The van der Waals surface area contributed by atoms with Crippen molar-refractivity contribution >= 4 is 27.3 Å². The fourth-order valence-corrected chi connectivity index (χ4v) is 4.71. The number of amides is 1. The summed E-state index contributed by atoms with van der Waals surface area (Å²) in [5.41, 5.74) is 2.97. The minimum Gasteiger partial charge on any atom is -0.504 e. The number of hydrogen-bond acceptors (Lipinski definition) is 5. The Labute approximate surface area is 168 Å². The van der Waals surface area contributed by atoms with Crippen LogP contribution < -0.4 is 4.74 Å². The smallest absolute Gasteiger partial charge is 0.239 e. The van der Waals surface area contributed by atoms with Crippen molar-refractivity contribution in [3.8, 4) is 22.6 Å². The van der Waals surface area contributed by atoms with Gasteiger partial charge in [-0.25, -0.2) is 0 Å². The Kier molecular flexibility index (Phi) is 5.00. The Hall–Kier alpha value is -2.57. The summed E-state index contributed by atoms with van der Waals surface area (Å²) in [6, 6.07) is 11.9. The molecule has 1 aliphatic rings. The third-order valence-electron chi connectivity index (χ3n) is 5.28. The zero-order chi connectivity index (χ0) is 19.8. The first-order valence-electron chi connectivity index (χ1n) is 9.36. The van der Waals surface area contributed by atoms with Gasteiger partial charge in [0.2, 0.25) is 5.91 Å². The largest absolute Gasteiger partial charge is 0.504 e. The normalized spacial score (nSPS) is 15.5. The van der Waals surface area contributed by atoms with Gasteiger partial charge in [0, 0.05) is 48.4 Å². The van der Waals surface area contributed by atoms with Crippen LogP contribution in [0.4, 0.5) is 0 Å². The zero-order valence-electron chi connectivity index (χ0n) is 16.3. The highest BCUT2D eigenvalue weighted by Gasteiger charge is 2.27. The molecule has 0 saturated carbocycles. The van der Waals surface area contributed by atoms with Gasteiger partial charge in [0.25, 0.3) is 0 Å². The molecule has 0 radical (unpaired) electrons. The molecule has 1 aromatic heterocycles. The van der Waals surface area contributed by atoms with E-state index in [9.17, 15) is 9.90 Å². The lowest BCUT2D eigenvalue weighted by Gasteiger charge is -2.28. The molecule has 2 heterocycles. The molecular weight excluding hydrogens is 372 g/mol. The second-order valence-corrected chi connectivity index (χ2v) is 8.27. The lowest BCUT2D eigenvalue weighted by atomic mass is 10.0. The molecule has 28 heavy (non-hydrogen) atoms. The molecule has 0 saturated heterocycles. The van der Waals surface area contributed by atoms with Crippen molar-refractivity contribution in [3.63, 3.8) is 0 Å². The van der Waals surface area contributed by atoms with Crippen LogP contribution in [-0.4, -0.2) is 54.1 Å². The first-order valence-corrected chi connectivity index (χ1v) is 10.2. The molecule has 0 aliphatic carbocycles. The van der Waals surface area contributed by atoms with E-state index in [0.29, 0.717) is 25.4 Å². The second-order valence-electron chi connectivity index (χ2n) is 7.36. The number of hydrogen-bond donors (Lipinski definition) is 1. The van der Waals surface area contributed by atoms with Gasteiger partial charge in [-0.1, -0.05) is 18.2 Å². The van der Waals surface area contributed by atoms with Crippen LogP contribution in [0, 0.1) is 0 Å².